The van der Waals surface area contributed by atoms with E-state index in [4.69, 9.17) is 4.52 Å². The molecule has 0 saturated heterocycles. The zero-order chi connectivity index (χ0) is 10.5. The lowest BCUT2D eigenvalue weighted by Gasteiger charge is -2.04. The van der Waals surface area contributed by atoms with Crippen LogP contribution in [0.2, 0.25) is 0 Å². The van der Waals surface area contributed by atoms with Crippen LogP contribution in [0.25, 0.3) is 0 Å². The molecule has 0 amide bonds. The second-order valence-electron chi connectivity index (χ2n) is 3.02. The summed E-state index contributed by atoms with van der Waals surface area (Å²) in [5.74, 6) is 0.916. The summed E-state index contributed by atoms with van der Waals surface area (Å²) in [5, 5.41) is 1.20. The van der Waals surface area contributed by atoms with Crippen molar-refractivity contribution >= 4 is 30.0 Å². The Balaban J connectivity index is 1.96. The molecule has 0 radical (unpaired) electrons. The maximum atomic E-state index is 5.64. The van der Waals surface area contributed by atoms with Gasteiger partial charge in [-0.1, -0.05) is 46.3 Å². The molecule has 1 atom stereocenters. The Kier molecular flexibility index (Phi) is 3.76. The van der Waals surface area contributed by atoms with Crippen molar-refractivity contribution in [1.29, 1.82) is 0 Å². The van der Waals surface area contributed by atoms with Gasteiger partial charge in [-0.2, -0.15) is 0 Å². The van der Waals surface area contributed by atoms with Gasteiger partial charge in [-0.3, -0.25) is 0 Å². The van der Waals surface area contributed by atoms with E-state index in [9.17, 15) is 0 Å². The Morgan fingerprint density at radius 2 is 1.53 bits per heavy atom. The first-order chi connectivity index (χ1) is 7.34. The lowest BCUT2D eigenvalue weighted by atomic mass is 10.3. The van der Waals surface area contributed by atoms with Crippen LogP contribution >= 0.6 is 24.7 Å². The normalized spacial score (nSPS) is 10.7. The molecule has 1 unspecified atom stereocenters. The minimum atomic E-state index is 0.357. The van der Waals surface area contributed by atoms with E-state index in [0.717, 1.165) is 10.2 Å². The first-order valence-corrected chi connectivity index (χ1v) is 6.28. The third-order valence-electron chi connectivity index (χ3n) is 1.87. The summed E-state index contributed by atoms with van der Waals surface area (Å²) in [7, 11) is 0.357. The zero-order valence-corrected chi connectivity index (χ0v) is 10.6. The van der Waals surface area contributed by atoms with Gasteiger partial charge < -0.3 is 4.52 Å². The molecule has 3 heteroatoms. The standard InChI is InChI=1S/C12H10BrOP/c13-10-6-8-12(9-7-10)15-14-11-4-2-1-3-5-11/h1-9,15H. The van der Waals surface area contributed by atoms with Gasteiger partial charge in [0.2, 0.25) is 0 Å². The molecule has 2 aromatic carbocycles. The number of rotatable bonds is 3. The largest absolute Gasteiger partial charge is 0.472 e. The predicted molar refractivity (Wildman–Crippen MR) is 69.2 cm³/mol. The van der Waals surface area contributed by atoms with Gasteiger partial charge in [0.15, 0.2) is 0 Å². The van der Waals surface area contributed by atoms with Gasteiger partial charge in [-0.05, 0) is 24.3 Å². The van der Waals surface area contributed by atoms with Crippen molar-refractivity contribution in [3.05, 3.63) is 59.1 Å². The molecule has 0 bridgehead atoms. The van der Waals surface area contributed by atoms with Gasteiger partial charge in [0.25, 0.3) is 0 Å². The highest BCUT2D eigenvalue weighted by molar-refractivity contribution is 9.10. The molecule has 2 aromatic rings. The summed E-state index contributed by atoms with van der Waals surface area (Å²) in [4.78, 5) is 0. The van der Waals surface area contributed by atoms with Crippen molar-refractivity contribution in [1.82, 2.24) is 0 Å². The van der Waals surface area contributed by atoms with Gasteiger partial charge in [0.1, 0.15) is 14.6 Å². The van der Waals surface area contributed by atoms with E-state index >= 15 is 0 Å². The molecule has 0 aliphatic heterocycles. The molecule has 0 saturated carbocycles. The van der Waals surface area contributed by atoms with Gasteiger partial charge in [-0.15, -0.1) is 0 Å². The molecule has 0 aliphatic carbocycles. The minimum absolute atomic E-state index is 0.357. The molecule has 0 aliphatic rings. The number of benzene rings is 2. The molecule has 15 heavy (non-hydrogen) atoms. The molecular formula is C12H10BrOP. The molecule has 76 valence electrons. The number of halogens is 1. The highest BCUT2D eigenvalue weighted by Gasteiger charge is 1.95. The van der Waals surface area contributed by atoms with Gasteiger partial charge in [0.05, 0.1) is 0 Å². The summed E-state index contributed by atoms with van der Waals surface area (Å²) < 4.78 is 6.74. The molecule has 1 nitrogen and oxygen atoms in total. The van der Waals surface area contributed by atoms with E-state index < -0.39 is 0 Å². The fraction of sp³-hybridized carbons (Fsp3) is 0. The maximum absolute atomic E-state index is 5.64. The molecule has 0 fully saturated rings. The van der Waals surface area contributed by atoms with Crippen LogP contribution < -0.4 is 9.83 Å². The fourth-order valence-electron chi connectivity index (χ4n) is 1.12. The fourth-order valence-corrected chi connectivity index (χ4v) is 2.06. The zero-order valence-electron chi connectivity index (χ0n) is 7.98. The third kappa shape index (κ3) is 3.33. The van der Waals surface area contributed by atoms with E-state index in [1.165, 1.54) is 5.30 Å². The Bertz CT molecular complexity index is 413. The van der Waals surface area contributed by atoms with Gasteiger partial charge >= 0.3 is 0 Å². The molecule has 2 rings (SSSR count). The van der Waals surface area contributed by atoms with Crippen LogP contribution in [0.15, 0.2) is 59.1 Å². The Labute approximate surface area is 99.5 Å². The van der Waals surface area contributed by atoms with Crippen molar-refractivity contribution in [2.75, 3.05) is 0 Å². The number of para-hydroxylation sites is 1. The quantitative estimate of drug-likeness (QED) is 0.779. The summed E-state index contributed by atoms with van der Waals surface area (Å²) in [6.07, 6.45) is 0. The summed E-state index contributed by atoms with van der Waals surface area (Å²) in [5.41, 5.74) is 0. The monoisotopic (exact) mass is 280 g/mol. The van der Waals surface area contributed by atoms with Crippen molar-refractivity contribution in [3.8, 4) is 5.75 Å². The Morgan fingerprint density at radius 3 is 2.20 bits per heavy atom. The minimum Gasteiger partial charge on any atom is -0.472 e. The van der Waals surface area contributed by atoms with E-state index in [1.54, 1.807) is 0 Å². The summed E-state index contributed by atoms with van der Waals surface area (Å²) >= 11 is 3.40. The van der Waals surface area contributed by atoms with Crippen molar-refractivity contribution in [2.45, 2.75) is 0 Å². The topological polar surface area (TPSA) is 9.23 Å². The van der Waals surface area contributed by atoms with Gasteiger partial charge in [-0.25, -0.2) is 0 Å². The summed E-state index contributed by atoms with van der Waals surface area (Å²) in [6, 6.07) is 18.0. The molecule has 0 heterocycles. The van der Waals surface area contributed by atoms with Crippen molar-refractivity contribution < 1.29 is 4.52 Å². The second kappa shape index (κ2) is 5.29. The van der Waals surface area contributed by atoms with E-state index in [0.29, 0.717) is 8.81 Å². The molecule has 0 N–H and O–H groups in total. The Hall–Kier alpha value is -0.850. The predicted octanol–water partition coefficient (Wildman–Crippen LogP) is 3.75. The molecular weight excluding hydrogens is 271 g/mol. The SMILES string of the molecule is Brc1ccc(POc2ccccc2)cc1. The van der Waals surface area contributed by atoms with Crippen molar-refractivity contribution in [2.24, 2.45) is 0 Å². The highest BCUT2D eigenvalue weighted by Crippen LogP contribution is 2.20. The number of hydrogen-bond acceptors (Lipinski definition) is 1. The van der Waals surface area contributed by atoms with Crippen LogP contribution in [0.3, 0.4) is 0 Å². The van der Waals surface area contributed by atoms with Crippen LogP contribution in [-0.2, 0) is 0 Å². The Morgan fingerprint density at radius 1 is 0.867 bits per heavy atom. The molecule has 0 aromatic heterocycles. The summed E-state index contributed by atoms with van der Waals surface area (Å²) in [6.45, 7) is 0. The first kappa shape index (κ1) is 10.7. The van der Waals surface area contributed by atoms with Crippen LogP contribution in [-0.4, -0.2) is 0 Å². The second-order valence-corrected chi connectivity index (χ2v) is 4.93. The van der Waals surface area contributed by atoms with Crippen LogP contribution in [0.1, 0.15) is 0 Å². The third-order valence-corrected chi connectivity index (χ3v) is 3.31. The highest BCUT2D eigenvalue weighted by atomic mass is 79.9. The number of hydrogen-bond donors (Lipinski definition) is 0. The smallest absolute Gasteiger partial charge is 0.123 e. The van der Waals surface area contributed by atoms with Crippen molar-refractivity contribution in [3.63, 3.8) is 0 Å². The maximum Gasteiger partial charge on any atom is 0.123 e. The van der Waals surface area contributed by atoms with E-state index in [1.807, 2.05) is 42.5 Å². The van der Waals surface area contributed by atoms with Crippen LogP contribution in [0.4, 0.5) is 0 Å². The van der Waals surface area contributed by atoms with Crippen LogP contribution in [0, 0.1) is 0 Å². The van der Waals surface area contributed by atoms with Gasteiger partial charge in [0, 0.05) is 9.78 Å². The van der Waals surface area contributed by atoms with E-state index in [-0.39, 0.29) is 0 Å². The van der Waals surface area contributed by atoms with Crippen LogP contribution in [0.5, 0.6) is 5.75 Å². The average Bonchev–Trinajstić information content (AvgIpc) is 2.30. The lowest BCUT2D eigenvalue weighted by molar-refractivity contribution is 0.638. The average molecular weight is 281 g/mol. The van der Waals surface area contributed by atoms with E-state index in [2.05, 4.69) is 28.1 Å². The first-order valence-electron chi connectivity index (χ1n) is 4.58. The lowest BCUT2D eigenvalue weighted by Crippen LogP contribution is -1.95. The molecule has 0 spiro atoms.